The maximum Gasteiger partial charge on any atom is 0.246 e. The second-order valence-electron chi connectivity index (χ2n) is 3.86. The third kappa shape index (κ3) is 2.50. The van der Waals surface area contributed by atoms with E-state index in [9.17, 15) is 8.78 Å². The molecule has 0 bridgehead atoms. The fraction of sp³-hybridized carbons (Fsp3) is 0.500. The van der Waals surface area contributed by atoms with Crippen LogP contribution in [0.5, 0.6) is 5.75 Å². The normalized spacial score (nSPS) is 12.9. The van der Waals surface area contributed by atoms with Crippen LogP contribution in [0.25, 0.3) is 0 Å². The predicted octanol–water partition coefficient (Wildman–Crippen LogP) is 2.62. The summed E-state index contributed by atoms with van der Waals surface area (Å²) in [6.45, 7) is 3.63. The minimum absolute atomic E-state index is 0.0527. The Hall–Kier alpha value is -1.16. The Balaban J connectivity index is 3.16. The van der Waals surface area contributed by atoms with Crippen molar-refractivity contribution in [3.05, 3.63) is 28.8 Å². The van der Waals surface area contributed by atoms with Crippen LogP contribution in [-0.4, -0.2) is 20.1 Å². The highest BCUT2D eigenvalue weighted by atomic mass is 19.3. The van der Waals surface area contributed by atoms with E-state index < -0.39 is 12.3 Å². The maximum absolute atomic E-state index is 12.7. The van der Waals surface area contributed by atoms with E-state index in [4.69, 9.17) is 10.5 Å². The lowest BCUT2D eigenvalue weighted by Gasteiger charge is -2.17. The van der Waals surface area contributed by atoms with Crippen LogP contribution in [0.1, 0.15) is 22.6 Å². The van der Waals surface area contributed by atoms with Crippen LogP contribution in [0.4, 0.5) is 8.78 Å². The van der Waals surface area contributed by atoms with Gasteiger partial charge in [0.2, 0.25) is 6.43 Å². The molecule has 0 aliphatic heterocycles. The number of hydrogen-bond donors (Lipinski definition) is 1. The van der Waals surface area contributed by atoms with E-state index in [-0.39, 0.29) is 6.54 Å². The third-order valence-corrected chi connectivity index (χ3v) is 2.67. The largest absolute Gasteiger partial charge is 0.496 e. The van der Waals surface area contributed by atoms with Gasteiger partial charge in [-0.3, -0.25) is 0 Å². The molecule has 1 atom stereocenters. The molecule has 90 valence electrons. The van der Waals surface area contributed by atoms with Crippen LogP contribution in [-0.2, 0) is 0 Å². The average molecular weight is 229 g/mol. The summed E-state index contributed by atoms with van der Waals surface area (Å²) in [6.07, 6.45) is -2.43. The van der Waals surface area contributed by atoms with Gasteiger partial charge >= 0.3 is 0 Å². The molecule has 2 nitrogen and oxygen atoms in total. The van der Waals surface area contributed by atoms with Gasteiger partial charge in [-0.15, -0.1) is 0 Å². The van der Waals surface area contributed by atoms with Crippen molar-refractivity contribution >= 4 is 0 Å². The van der Waals surface area contributed by atoms with Crippen LogP contribution in [0.3, 0.4) is 0 Å². The van der Waals surface area contributed by atoms with Gasteiger partial charge in [0.25, 0.3) is 0 Å². The molecule has 1 unspecified atom stereocenters. The van der Waals surface area contributed by atoms with Crippen LogP contribution < -0.4 is 10.5 Å². The Kier molecular flexibility index (Phi) is 4.24. The number of nitrogens with two attached hydrogens (primary N) is 1. The SMILES string of the molecule is COc1c(C)cc(C(CN)C(F)F)cc1C. The molecule has 1 aromatic carbocycles. The molecule has 1 aromatic rings. The minimum Gasteiger partial charge on any atom is -0.496 e. The minimum atomic E-state index is -2.43. The highest BCUT2D eigenvalue weighted by molar-refractivity contribution is 5.44. The molecule has 16 heavy (non-hydrogen) atoms. The van der Waals surface area contributed by atoms with Crippen molar-refractivity contribution in [2.75, 3.05) is 13.7 Å². The zero-order valence-electron chi connectivity index (χ0n) is 9.76. The predicted molar refractivity (Wildman–Crippen MR) is 60.3 cm³/mol. The highest BCUT2D eigenvalue weighted by Gasteiger charge is 2.22. The molecule has 0 aliphatic rings. The first-order valence-electron chi connectivity index (χ1n) is 5.14. The summed E-state index contributed by atoms with van der Waals surface area (Å²) in [5.41, 5.74) is 7.66. The number of alkyl halides is 2. The average Bonchev–Trinajstić information content (AvgIpc) is 2.17. The first kappa shape index (κ1) is 12.9. The Labute approximate surface area is 94.4 Å². The maximum atomic E-state index is 12.7. The summed E-state index contributed by atoms with van der Waals surface area (Å²) in [6, 6.07) is 3.44. The summed E-state index contributed by atoms with van der Waals surface area (Å²) in [5.74, 6) is -0.155. The molecular weight excluding hydrogens is 212 g/mol. The molecule has 1 rings (SSSR count). The highest BCUT2D eigenvalue weighted by Crippen LogP contribution is 2.30. The van der Waals surface area contributed by atoms with E-state index >= 15 is 0 Å². The van der Waals surface area contributed by atoms with Gasteiger partial charge in [-0.1, -0.05) is 12.1 Å². The first-order valence-corrected chi connectivity index (χ1v) is 5.14. The molecule has 0 saturated heterocycles. The lowest BCUT2D eigenvalue weighted by molar-refractivity contribution is 0.117. The summed E-state index contributed by atoms with van der Waals surface area (Å²) >= 11 is 0. The Bertz CT molecular complexity index is 343. The van der Waals surface area contributed by atoms with Crippen molar-refractivity contribution in [2.24, 2.45) is 5.73 Å². The number of hydrogen-bond acceptors (Lipinski definition) is 2. The van der Waals surface area contributed by atoms with E-state index in [0.29, 0.717) is 5.56 Å². The fourth-order valence-electron chi connectivity index (χ4n) is 1.90. The van der Waals surface area contributed by atoms with Crippen molar-refractivity contribution in [2.45, 2.75) is 26.2 Å². The first-order chi connectivity index (χ1) is 7.51. The van der Waals surface area contributed by atoms with Crippen molar-refractivity contribution in [1.29, 1.82) is 0 Å². The molecule has 0 amide bonds. The third-order valence-electron chi connectivity index (χ3n) is 2.67. The van der Waals surface area contributed by atoms with Gasteiger partial charge in [-0.2, -0.15) is 0 Å². The molecule has 0 aliphatic carbocycles. The van der Waals surface area contributed by atoms with Crippen LogP contribution in [0, 0.1) is 13.8 Å². The molecule has 4 heteroatoms. The molecule has 0 radical (unpaired) electrons. The Morgan fingerprint density at radius 1 is 1.25 bits per heavy atom. The van der Waals surface area contributed by atoms with Gasteiger partial charge in [0.05, 0.1) is 13.0 Å². The Morgan fingerprint density at radius 3 is 2.06 bits per heavy atom. The quantitative estimate of drug-likeness (QED) is 0.861. The van der Waals surface area contributed by atoms with Gasteiger partial charge in [0, 0.05) is 6.54 Å². The summed E-state index contributed by atoms with van der Waals surface area (Å²) < 4.78 is 30.6. The molecule has 0 spiro atoms. The molecule has 0 heterocycles. The second-order valence-corrected chi connectivity index (χ2v) is 3.86. The van der Waals surface area contributed by atoms with Crippen molar-refractivity contribution < 1.29 is 13.5 Å². The molecule has 2 N–H and O–H groups in total. The molecule has 0 aromatic heterocycles. The van der Waals surface area contributed by atoms with E-state index in [1.807, 2.05) is 13.8 Å². The number of rotatable bonds is 4. The molecular formula is C12H17F2NO. The van der Waals surface area contributed by atoms with E-state index in [1.54, 1.807) is 19.2 Å². The van der Waals surface area contributed by atoms with E-state index in [1.165, 1.54) is 0 Å². The van der Waals surface area contributed by atoms with Crippen molar-refractivity contribution in [3.8, 4) is 5.75 Å². The zero-order chi connectivity index (χ0) is 12.3. The summed E-state index contributed by atoms with van der Waals surface area (Å²) in [4.78, 5) is 0. The lowest BCUT2D eigenvalue weighted by Crippen LogP contribution is -2.20. The van der Waals surface area contributed by atoms with Gasteiger partial charge in [-0.05, 0) is 30.5 Å². The van der Waals surface area contributed by atoms with E-state index in [2.05, 4.69) is 0 Å². The second kappa shape index (κ2) is 5.25. The number of halogens is 2. The van der Waals surface area contributed by atoms with Gasteiger partial charge in [-0.25, -0.2) is 8.78 Å². The van der Waals surface area contributed by atoms with Gasteiger partial charge in [0.15, 0.2) is 0 Å². The lowest BCUT2D eigenvalue weighted by atomic mass is 9.95. The molecule has 0 fully saturated rings. The zero-order valence-corrected chi connectivity index (χ0v) is 9.76. The molecule has 0 saturated carbocycles. The summed E-state index contributed by atoms with van der Waals surface area (Å²) in [5, 5.41) is 0. The number of benzene rings is 1. The Morgan fingerprint density at radius 2 is 1.75 bits per heavy atom. The van der Waals surface area contributed by atoms with Crippen molar-refractivity contribution in [3.63, 3.8) is 0 Å². The standard InChI is InChI=1S/C12H17F2NO/c1-7-4-9(10(6-15)12(13)14)5-8(2)11(7)16-3/h4-5,10,12H,6,15H2,1-3H3. The van der Waals surface area contributed by atoms with E-state index in [0.717, 1.165) is 16.9 Å². The number of methoxy groups -OCH3 is 1. The van der Waals surface area contributed by atoms with Gasteiger partial charge < -0.3 is 10.5 Å². The van der Waals surface area contributed by atoms with Crippen molar-refractivity contribution in [1.82, 2.24) is 0 Å². The topological polar surface area (TPSA) is 35.2 Å². The summed E-state index contributed by atoms with van der Waals surface area (Å²) in [7, 11) is 1.57. The van der Waals surface area contributed by atoms with Gasteiger partial charge in [0.1, 0.15) is 5.75 Å². The smallest absolute Gasteiger partial charge is 0.246 e. The monoisotopic (exact) mass is 229 g/mol. The number of ether oxygens (including phenoxy) is 1. The van der Waals surface area contributed by atoms with Crippen LogP contribution >= 0.6 is 0 Å². The fourth-order valence-corrected chi connectivity index (χ4v) is 1.90. The van der Waals surface area contributed by atoms with Crippen LogP contribution in [0.2, 0.25) is 0 Å². The van der Waals surface area contributed by atoms with Crippen LogP contribution in [0.15, 0.2) is 12.1 Å². The number of aryl methyl sites for hydroxylation is 2.